The van der Waals surface area contributed by atoms with E-state index in [1.54, 1.807) is 0 Å². The highest BCUT2D eigenvalue weighted by Gasteiger charge is 2.31. The number of likely N-dealkylation sites (tertiary alicyclic amines) is 1. The van der Waals surface area contributed by atoms with Crippen LogP contribution in [0.1, 0.15) is 45.4 Å². The van der Waals surface area contributed by atoms with Gasteiger partial charge in [-0.05, 0) is 36.9 Å². The molecule has 2 atom stereocenters. The second-order valence-corrected chi connectivity index (χ2v) is 7.58. The summed E-state index contributed by atoms with van der Waals surface area (Å²) in [4.78, 5) is 14.7. The van der Waals surface area contributed by atoms with Crippen LogP contribution in [-0.4, -0.2) is 17.0 Å². The molecule has 0 radical (unpaired) electrons. The van der Waals surface area contributed by atoms with Gasteiger partial charge >= 0.3 is 0 Å². The molecule has 2 aromatic heterocycles. The van der Waals surface area contributed by atoms with Gasteiger partial charge in [0.1, 0.15) is 10.7 Å². The summed E-state index contributed by atoms with van der Waals surface area (Å²) < 4.78 is 2.64. The van der Waals surface area contributed by atoms with Gasteiger partial charge < -0.3 is 10.6 Å². The second-order valence-electron chi connectivity index (χ2n) is 6.22. The number of nitrogens with zero attached hydrogens (tertiary/aromatic N) is 1. The molecule has 6 heteroatoms. The van der Waals surface area contributed by atoms with E-state index in [1.165, 1.54) is 22.6 Å². The number of quaternary nitrogens is 1. The third-order valence-corrected chi connectivity index (χ3v) is 6.09. The first-order valence-electron chi connectivity index (χ1n) is 7.88. The Morgan fingerprint density at radius 2 is 2.30 bits per heavy atom. The molecule has 1 saturated heterocycles. The van der Waals surface area contributed by atoms with Crippen molar-refractivity contribution in [3.05, 3.63) is 49.9 Å². The van der Waals surface area contributed by atoms with E-state index in [0.717, 1.165) is 24.5 Å². The van der Waals surface area contributed by atoms with Crippen molar-refractivity contribution < 1.29 is 9.69 Å². The minimum Gasteiger partial charge on any atom is -0.365 e. The minimum atomic E-state index is -0.438. The predicted molar refractivity (Wildman–Crippen MR) is 95.4 cm³/mol. The van der Waals surface area contributed by atoms with E-state index in [9.17, 15) is 4.79 Å². The number of carbonyl (C=O) groups is 1. The van der Waals surface area contributed by atoms with Crippen LogP contribution in [-0.2, 0) is 6.67 Å². The first kappa shape index (κ1) is 16.4. The molecule has 3 rings (SSSR count). The van der Waals surface area contributed by atoms with E-state index in [2.05, 4.69) is 22.1 Å². The molecule has 4 nitrogen and oxygen atoms in total. The molecule has 122 valence electrons. The van der Waals surface area contributed by atoms with Crippen LogP contribution in [0, 0.1) is 18.5 Å². The third-order valence-electron chi connectivity index (χ3n) is 4.68. The highest BCUT2D eigenvalue weighted by atomic mass is 32.1. The SMILES string of the molecule is Cc1cc(C)n(C[NH+]2CCC[C@@H]2c2cccs2)c(=S)c1C(N)=O. The Kier molecular flexibility index (Phi) is 4.66. The van der Waals surface area contributed by atoms with Crippen molar-refractivity contribution >= 4 is 29.5 Å². The molecule has 3 heterocycles. The van der Waals surface area contributed by atoms with E-state index < -0.39 is 5.91 Å². The van der Waals surface area contributed by atoms with Crippen molar-refractivity contribution in [3.63, 3.8) is 0 Å². The van der Waals surface area contributed by atoms with Crippen molar-refractivity contribution in [1.82, 2.24) is 4.57 Å². The highest BCUT2D eigenvalue weighted by molar-refractivity contribution is 7.71. The van der Waals surface area contributed by atoms with Gasteiger partial charge in [0.25, 0.3) is 5.91 Å². The monoisotopic (exact) mass is 348 g/mol. The molecule has 1 aliphatic heterocycles. The zero-order valence-corrected chi connectivity index (χ0v) is 15.1. The van der Waals surface area contributed by atoms with Crippen molar-refractivity contribution in [1.29, 1.82) is 0 Å². The van der Waals surface area contributed by atoms with Gasteiger partial charge in [-0.25, -0.2) is 0 Å². The topological polar surface area (TPSA) is 52.5 Å². The Bertz CT molecular complexity index is 780. The van der Waals surface area contributed by atoms with E-state index in [-0.39, 0.29) is 0 Å². The lowest BCUT2D eigenvalue weighted by Gasteiger charge is -2.24. The lowest BCUT2D eigenvalue weighted by atomic mass is 10.1. The average molecular weight is 349 g/mol. The summed E-state index contributed by atoms with van der Waals surface area (Å²) in [6.07, 6.45) is 2.43. The Balaban J connectivity index is 1.95. The maximum atomic E-state index is 11.7. The summed E-state index contributed by atoms with van der Waals surface area (Å²) in [6, 6.07) is 6.86. The summed E-state index contributed by atoms with van der Waals surface area (Å²) in [5.41, 5.74) is 7.95. The summed E-state index contributed by atoms with van der Waals surface area (Å²) >= 11 is 7.39. The molecule has 0 aromatic carbocycles. The summed E-state index contributed by atoms with van der Waals surface area (Å²) in [7, 11) is 0. The molecule has 0 spiro atoms. The Morgan fingerprint density at radius 1 is 1.52 bits per heavy atom. The number of hydrogen-bond acceptors (Lipinski definition) is 3. The molecular formula is C17H22N3OS2+. The molecule has 1 unspecified atom stereocenters. The van der Waals surface area contributed by atoms with Gasteiger partial charge in [0.05, 0.1) is 17.0 Å². The fraction of sp³-hybridized carbons (Fsp3) is 0.412. The standard InChI is InChI=1S/C17H21N3OS2/c1-11-9-12(2)20(17(22)15(11)16(18)21)10-19-7-3-5-13(19)14-6-4-8-23-14/h4,6,8-9,13H,3,5,7,10H2,1-2H3,(H2,18,21)/p+1/t13-/m1/s1. The lowest BCUT2D eigenvalue weighted by Crippen LogP contribution is -3.09. The molecule has 1 fully saturated rings. The van der Waals surface area contributed by atoms with Crippen LogP contribution in [0.25, 0.3) is 0 Å². The number of aromatic nitrogens is 1. The lowest BCUT2D eigenvalue weighted by molar-refractivity contribution is -0.940. The van der Waals surface area contributed by atoms with Crippen molar-refractivity contribution in [2.24, 2.45) is 5.73 Å². The first-order chi connectivity index (χ1) is 11.0. The largest absolute Gasteiger partial charge is 0.365 e. The van der Waals surface area contributed by atoms with Crippen LogP contribution in [0.4, 0.5) is 0 Å². The number of carbonyl (C=O) groups excluding carboxylic acids is 1. The number of nitrogens with one attached hydrogen (secondary N) is 1. The predicted octanol–water partition coefficient (Wildman–Crippen LogP) is 2.37. The number of hydrogen-bond donors (Lipinski definition) is 2. The summed E-state index contributed by atoms with van der Waals surface area (Å²) in [6.45, 7) is 5.85. The van der Waals surface area contributed by atoms with E-state index in [0.29, 0.717) is 16.2 Å². The molecule has 3 N–H and O–H groups in total. The Hall–Kier alpha value is -1.50. The van der Waals surface area contributed by atoms with Gasteiger partial charge in [-0.3, -0.25) is 9.36 Å². The fourth-order valence-corrected chi connectivity index (χ4v) is 4.95. The van der Waals surface area contributed by atoms with Gasteiger partial charge in [-0.1, -0.05) is 18.3 Å². The number of rotatable bonds is 4. The zero-order valence-electron chi connectivity index (χ0n) is 13.5. The molecule has 23 heavy (non-hydrogen) atoms. The maximum Gasteiger partial charge on any atom is 0.251 e. The molecule has 1 aliphatic rings. The van der Waals surface area contributed by atoms with E-state index in [4.69, 9.17) is 18.0 Å². The number of thiophene rings is 1. The average Bonchev–Trinajstić information content (AvgIpc) is 3.13. The van der Waals surface area contributed by atoms with Crippen molar-refractivity contribution in [2.45, 2.75) is 39.4 Å². The van der Waals surface area contributed by atoms with Gasteiger partial charge in [-0.2, -0.15) is 0 Å². The third kappa shape index (κ3) is 3.11. The number of primary amides is 1. The van der Waals surface area contributed by atoms with Crippen LogP contribution >= 0.6 is 23.6 Å². The number of pyridine rings is 1. The van der Waals surface area contributed by atoms with E-state index in [1.807, 2.05) is 31.3 Å². The highest BCUT2D eigenvalue weighted by Crippen LogP contribution is 2.23. The van der Waals surface area contributed by atoms with Crippen molar-refractivity contribution in [2.75, 3.05) is 6.54 Å². The smallest absolute Gasteiger partial charge is 0.251 e. The normalized spacial score (nSPS) is 20.8. The molecular weight excluding hydrogens is 326 g/mol. The summed E-state index contributed by atoms with van der Waals surface area (Å²) in [5.74, 6) is -0.438. The second kappa shape index (κ2) is 6.55. The van der Waals surface area contributed by atoms with Crippen molar-refractivity contribution in [3.8, 4) is 0 Å². The fourth-order valence-electron chi connectivity index (χ4n) is 3.56. The van der Waals surface area contributed by atoms with Crippen LogP contribution in [0.15, 0.2) is 23.6 Å². The quantitative estimate of drug-likeness (QED) is 0.834. The molecule has 2 aromatic rings. The molecule has 1 amide bonds. The Labute approximate surface area is 145 Å². The molecule has 0 aliphatic carbocycles. The van der Waals surface area contributed by atoms with E-state index >= 15 is 0 Å². The van der Waals surface area contributed by atoms with Crippen LogP contribution in [0.2, 0.25) is 0 Å². The Morgan fingerprint density at radius 3 is 2.96 bits per heavy atom. The number of aryl methyl sites for hydroxylation is 2. The molecule has 0 bridgehead atoms. The number of amides is 1. The van der Waals surface area contributed by atoms with Crippen LogP contribution in [0.5, 0.6) is 0 Å². The number of nitrogens with two attached hydrogens (primary N) is 1. The van der Waals surface area contributed by atoms with Gasteiger partial charge in [0.15, 0.2) is 6.67 Å². The van der Waals surface area contributed by atoms with Gasteiger partial charge in [0.2, 0.25) is 0 Å². The van der Waals surface area contributed by atoms with Gasteiger partial charge in [-0.15, -0.1) is 11.3 Å². The van der Waals surface area contributed by atoms with Crippen LogP contribution in [0.3, 0.4) is 0 Å². The molecule has 0 saturated carbocycles. The summed E-state index contributed by atoms with van der Waals surface area (Å²) in [5, 5.41) is 2.14. The zero-order chi connectivity index (χ0) is 16.6. The maximum absolute atomic E-state index is 11.7. The minimum absolute atomic E-state index is 0.438. The van der Waals surface area contributed by atoms with Gasteiger partial charge in [0, 0.05) is 18.5 Å². The first-order valence-corrected chi connectivity index (χ1v) is 9.16. The van der Waals surface area contributed by atoms with Crippen LogP contribution < -0.4 is 10.6 Å².